The van der Waals surface area contributed by atoms with Crippen LogP contribution < -0.4 is 10.6 Å². The summed E-state index contributed by atoms with van der Waals surface area (Å²) in [6.07, 6.45) is 5.57. The molecular weight excluding hydrogens is 566 g/mol. The first-order valence-electron chi connectivity index (χ1n) is 15.6. The third kappa shape index (κ3) is 8.39. The van der Waals surface area contributed by atoms with E-state index in [9.17, 15) is 24.0 Å². The molecular formula is C33H45N3O8. The molecule has 2 N–H and O–H groups in total. The van der Waals surface area contributed by atoms with E-state index in [0.29, 0.717) is 37.7 Å². The van der Waals surface area contributed by atoms with E-state index < -0.39 is 59.2 Å². The highest BCUT2D eigenvalue weighted by Gasteiger charge is 2.50. The molecule has 3 aliphatic rings. The average Bonchev–Trinajstić information content (AvgIpc) is 3.58. The Kier molecular flexibility index (Phi) is 10.7. The number of amides is 3. The number of benzene rings is 1. The summed E-state index contributed by atoms with van der Waals surface area (Å²) in [6.45, 7) is 7.05. The quantitative estimate of drug-likeness (QED) is 0.287. The number of rotatable bonds is 5. The lowest BCUT2D eigenvalue weighted by Crippen LogP contribution is -2.59. The van der Waals surface area contributed by atoms with E-state index in [-0.39, 0.29) is 19.6 Å². The Morgan fingerprint density at radius 3 is 2.55 bits per heavy atom. The van der Waals surface area contributed by atoms with Crippen LogP contribution in [0, 0.1) is 0 Å². The van der Waals surface area contributed by atoms with Gasteiger partial charge in [-0.05, 0) is 71.9 Å². The van der Waals surface area contributed by atoms with Crippen molar-refractivity contribution in [2.45, 2.75) is 115 Å². The highest BCUT2D eigenvalue weighted by atomic mass is 16.6. The normalized spacial score (nSPS) is 27.5. The molecule has 4 rings (SSSR count). The summed E-state index contributed by atoms with van der Waals surface area (Å²) in [7, 11) is 0. The summed E-state index contributed by atoms with van der Waals surface area (Å²) in [5.41, 5.74) is -0.579. The number of hydrogen-bond donors (Lipinski definition) is 2. The van der Waals surface area contributed by atoms with E-state index in [1.165, 1.54) is 4.90 Å². The number of fused-ring (bicyclic) bond motifs is 3. The second kappa shape index (κ2) is 14.3. The zero-order valence-corrected chi connectivity index (χ0v) is 26.2. The average molecular weight is 612 g/mol. The molecule has 1 saturated heterocycles. The summed E-state index contributed by atoms with van der Waals surface area (Å²) >= 11 is 0. The summed E-state index contributed by atoms with van der Waals surface area (Å²) in [6, 6.07) is 6.49. The van der Waals surface area contributed by atoms with E-state index in [1.54, 1.807) is 58.0 Å². The van der Waals surface area contributed by atoms with Gasteiger partial charge in [-0.15, -0.1) is 0 Å². The maximum Gasteiger partial charge on any atom is 0.408 e. The molecule has 2 bridgehead atoms. The fourth-order valence-corrected chi connectivity index (χ4v) is 6.08. The standard InChI is InChI=1S/C33H45N3O8/c1-5-42-30(40)33-18-17-22(20-33)13-9-6-7-12-16-25(34-31(41)44-32(2,3)4)28(38)36-21-24(19-26(36)27(37)35-33)43-29(39)23-14-10-8-11-15-23/h8,10-11,13-15,24-26H,5-7,9,12,16-21H2,1-4H3,(H,34,41)(H,35,37)/b22-13-/t24-,25-,26-,33+/m0/s1. The van der Waals surface area contributed by atoms with Crippen molar-refractivity contribution in [3.05, 3.63) is 47.5 Å². The highest BCUT2D eigenvalue weighted by Crippen LogP contribution is 2.37. The molecule has 1 aromatic rings. The molecule has 0 unspecified atom stereocenters. The predicted octanol–water partition coefficient (Wildman–Crippen LogP) is 4.20. The topological polar surface area (TPSA) is 140 Å². The van der Waals surface area contributed by atoms with Crippen LogP contribution in [0.5, 0.6) is 0 Å². The van der Waals surface area contributed by atoms with Gasteiger partial charge in [0.15, 0.2) is 0 Å². The predicted molar refractivity (Wildman–Crippen MR) is 161 cm³/mol. The number of carbonyl (C=O) groups excluding carboxylic acids is 5. The maximum atomic E-state index is 14.1. The number of hydrogen-bond acceptors (Lipinski definition) is 8. The zero-order valence-electron chi connectivity index (χ0n) is 26.2. The summed E-state index contributed by atoms with van der Waals surface area (Å²) in [5.74, 6) is -2.08. The third-order valence-corrected chi connectivity index (χ3v) is 8.18. The summed E-state index contributed by atoms with van der Waals surface area (Å²) in [5, 5.41) is 5.68. The largest absolute Gasteiger partial charge is 0.464 e. The van der Waals surface area contributed by atoms with Gasteiger partial charge in [-0.25, -0.2) is 14.4 Å². The third-order valence-electron chi connectivity index (χ3n) is 8.18. The second-order valence-electron chi connectivity index (χ2n) is 12.8. The van der Waals surface area contributed by atoms with Gasteiger partial charge in [-0.3, -0.25) is 9.59 Å². The van der Waals surface area contributed by atoms with Gasteiger partial charge in [0.25, 0.3) is 0 Å². The molecule has 2 heterocycles. The molecule has 4 atom stereocenters. The Morgan fingerprint density at radius 1 is 1.09 bits per heavy atom. The van der Waals surface area contributed by atoms with Crippen molar-refractivity contribution < 1.29 is 38.2 Å². The Labute approximate surface area is 259 Å². The van der Waals surface area contributed by atoms with Gasteiger partial charge >= 0.3 is 18.0 Å². The van der Waals surface area contributed by atoms with Gasteiger partial charge in [0, 0.05) is 12.8 Å². The minimum Gasteiger partial charge on any atom is -0.464 e. The fraction of sp³-hybridized carbons (Fsp3) is 0.606. The van der Waals surface area contributed by atoms with Gasteiger partial charge in [0.1, 0.15) is 29.3 Å². The highest BCUT2D eigenvalue weighted by molar-refractivity contribution is 5.95. The fourth-order valence-electron chi connectivity index (χ4n) is 6.08. The van der Waals surface area contributed by atoms with Crippen molar-refractivity contribution in [3.8, 4) is 0 Å². The molecule has 3 amide bonds. The molecule has 11 heteroatoms. The van der Waals surface area contributed by atoms with Crippen LogP contribution >= 0.6 is 0 Å². The van der Waals surface area contributed by atoms with Crippen molar-refractivity contribution in [3.63, 3.8) is 0 Å². The number of carbonyl (C=O) groups is 5. The van der Waals surface area contributed by atoms with Gasteiger partial charge in [0.2, 0.25) is 11.8 Å². The SMILES string of the molecule is CCOC(=O)[C@]12CC/C(=C/CCCCC[C@H](NC(=O)OC(C)(C)C)C(=O)N3C[C@@H](OC(=O)c4ccccc4)C[C@H]3C(=O)N1)C2. The minimum atomic E-state index is -1.25. The van der Waals surface area contributed by atoms with E-state index >= 15 is 0 Å². The van der Waals surface area contributed by atoms with Crippen LogP contribution in [0.15, 0.2) is 42.0 Å². The Hall–Kier alpha value is -3.89. The number of esters is 2. The van der Waals surface area contributed by atoms with Crippen LogP contribution in [-0.4, -0.2) is 77.2 Å². The van der Waals surface area contributed by atoms with E-state index in [1.807, 2.05) is 0 Å². The van der Waals surface area contributed by atoms with Crippen molar-refractivity contribution in [2.75, 3.05) is 13.2 Å². The first kappa shape index (κ1) is 33.0. The molecule has 1 aromatic carbocycles. The van der Waals surface area contributed by atoms with Crippen molar-refractivity contribution in [1.82, 2.24) is 15.5 Å². The lowest BCUT2D eigenvalue weighted by Gasteiger charge is -2.32. The molecule has 240 valence electrons. The first-order valence-corrected chi connectivity index (χ1v) is 15.6. The molecule has 11 nitrogen and oxygen atoms in total. The second-order valence-corrected chi connectivity index (χ2v) is 12.8. The lowest BCUT2D eigenvalue weighted by atomic mass is 9.95. The van der Waals surface area contributed by atoms with Crippen LogP contribution in [0.4, 0.5) is 4.79 Å². The smallest absolute Gasteiger partial charge is 0.408 e. The number of alkyl carbamates (subject to hydrolysis) is 1. The monoisotopic (exact) mass is 611 g/mol. The number of allylic oxidation sites excluding steroid dienone is 1. The van der Waals surface area contributed by atoms with Gasteiger partial charge in [0.05, 0.1) is 18.7 Å². The van der Waals surface area contributed by atoms with Crippen molar-refractivity contribution in [2.24, 2.45) is 0 Å². The molecule has 1 saturated carbocycles. The van der Waals surface area contributed by atoms with E-state index in [4.69, 9.17) is 14.2 Å². The molecule has 2 fully saturated rings. The van der Waals surface area contributed by atoms with Gasteiger partial charge in [-0.1, -0.05) is 42.7 Å². The molecule has 0 spiro atoms. The molecule has 44 heavy (non-hydrogen) atoms. The zero-order chi connectivity index (χ0) is 31.9. The summed E-state index contributed by atoms with van der Waals surface area (Å²) < 4.78 is 16.6. The number of ether oxygens (including phenoxy) is 3. The van der Waals surface area contributed by atoms with Gasteiger partial charge in [-0.2, -0.15) is 0 Å². The van der Waals surface area contributed by atoms with Crippen LogP contribution in [0.25, 0.3) is 0 Å². The maximum absolute atomic E-state index is 14.1. The Bertz CT molecular complexity index is 1260. The van der Waals surface area contributed by atoms with Crippen molar-refractivity contribution in [1.29, 1.82) is 0 Å². The lowest BCUT2D eigenvalue weighted by molar-refractivity contribution is -0.154. The van der Waals surface area contributed by atoms with Crippen molar-refractivity contribution >= 4 is 29.8 Å². The molecule has 2 aliphatic heterocycles. The van der Waals surface area contributed by atoms with Crippen LogP contribution in [0.1, 0.15) is 95.8 Å². The molecule has 0 aromatic heterocycles. The first-order chi connectivity index (χ1) is 20.9. The van der Waals surface area contributed by atoms with Crippen LogP contribution in [-0.2, 0) is 28.6 Å². The van der Waals surface area contributed by atoms with E-state index in [2.05, 4.69) is 16.7 Å². The molecule has 0 radical (unpaired) electrons. The Balaban J connectivity index is 1.64. The Morgan fingerprint density at radius 2 is 1.84 bits per heavy atom. The summed E-state index contributed by atoms with van der Waals surface area (Å²) in [4.78, 5) is 68.4. The van der Waals surface area contributed by atoms with Crippen LogP contribution in [0.3, 0.4) is 0 Å². The minimum absolute atomic E-state index is 0.0386. The van der Waals surface area contributed by atoms with Gasteiger partial charge < -0.3 is 29.7 Å². The number of nitrogens with zero attached hydrogens (tertiary/aromatic N) is 1. The van der Waals surface area contributed by atoms with Crippen LogP contribution in [0.2, 0.25) is 0 Å². The number of nitrogens with one attached hydrogen (secondary N) is 2. The van der Waals surface area contributed by atoms with E-state index in [0.717, 1.165) is 24.8 Å². The molecule has 1 aliphatic carbocycles.